The van der Waals surface area contributed by atoms with E-state index in [4.69, 9.17) is 5.73 Å². The number of aliphatic hydroxyl groups is 1. The fourth-order valence-corrected chi connectivity index (χ4v) is 5.22. The molecule has 2 aliphatic rings. The number of likely N-dealkylation sites (tertiary alicyclic amines) is 1. The van der Waals surface area contributed by atoms with Crippen LogP contribution in [0, 0.1) is 5.92 Å². The van der Waals surface area contributed by atoms with Gasteiger partial charge in [-0.3, -0.25) is 4.79 Å². The van der Waals surface area contributed by atoms with Crippen LogP contribution in [0.15, 0.2) is 41.4 Å². The molecule has 2 heterocycles. The molecule has 6 nitrogen and oxygen atoms in total. The molecule has 0 radical (unpaired) electrons. The maximum atomic E-state index is 12.9. The first-order valence-electron chi connectivity index (χ1n) is 11.0. The number of piperidine rings is 1. The standard InChI is InChI=1S/C22H27F5N4O2S/c23-34(24,25,26,27)18-3-1-16(2-4-18)22(33)31-9-6-15(7-10-31)19-5-8-29-21(28)20(19)30-13-14-11-17(32)12-14/h1-5,8,14-15,17,30,32H,6-7,9-13H2,(H2,28,29). The van der Waals surface area contributed by atoms with Crippen molar-refractivity contribution in [1.82, 2.24) is 9.88 Å². The van der Waals surface area contributed by atoms with Crippen molar-refractivity contribution in [3.8, 4) is 0 Å². The maximum absolute atomic E-state index is 12.9. The zero-order valence-electron chi connectivity index (χ0n) is 18.3. The highest BCUT2D eigenvalue weighted by molar-refractivity contribution is 8.45. The van der Waals surface area contributed by atoms with E-state index in [0.717, 1.165) is 36.2 Å². The van der Waals surface area contributed by atoms with Crippen LogP contribution >= 0.6 is 10.2 Å². The number of amides is 1. The van der Waals surface area contributed by atoms with E-state index >= 15 is 0 Å². The number of hydrogen-bond donors (Lipinski definition) is 3. The molecule has 1 amide bonds. The number of carbonyl (C=O) groups is 1. The molecule has 2 aromatic rings. The summed E-state index contributed by atoms with van der Waals surface area (Å²) in [6.45, 7) is 1.40. The van der Waals surface area contributed by atoms with Crippen molar-refractivity contribution in [2.24, 2.45) is 5.92 Å². The lowest BCUT2D eigenvalue weighted by molar-refractivity contribution is 0.0486. The smallest absolute Gasteiger partial charge is 0.310 e. The maximum Gasteiger partial charge on any atom is 0.310 e. The molecule has 34 heavy (non-hydrogen) atoms. The van der Waals surface area contributed by atoms with Gasteiger partial charge in [0.05, 0.1) is 11.8 Å². The molecule has 2 fully saturated rings. The number of nitrogens with two attached hydrogens (primary N) is 1. The summed E-state index contributed by atoms with van der Waals surface area (Å²) in [6, 6.07) is 4.01. The summed E-state index contributed by atoms with van der Waals surface area (Å²) in [5.41, 5.74) is 7.76. The molecule has 1 aromatic carbocycles. The van der Waals surface area contributed by atoms with Gasteiger partial charge >= 0.3 is 10.2 Å². The molecule has 4 N–H and O–H groups in total. The van der Waals surface area contributed by atoms with Gasteiger partial charge in [0.2, 0.25) is 0 Å². The molecule has 4 rings (SSSR count). The van der Waals surface area contributed by atoms with Gasteiger partial charge in [0.25, 0.3) is 5.91 Å². The Morgan fingerprint density at radius 3 is 2.26 bits per heavy atom. The summed E-state index contributed by atoms with van der Waals surface area (Å²) in [6.07, 6.45) is 4.08. The molecule has 1 aromatic heterocycles. The minimum Gasteiger partial charge on any atom is -0.393 e. The van der Waals surface area contributed by atoms with Gasteiger partial charge in [0.1, 0.15) is 10.7 Å². The summed E-state index contributed by atoms with van der Waals surface area (Å²) >= 11 is 0. The lowest BCUT2D eigenvalue weighted by Gasteiger charge is -2.40. The van der Waals surface area contributed by atoms with Crippen LogP contribution < -0.4 is 11.1 Å². The van der Waals surface area contributed by atoms with E-state index in [2.05, 4.69) is 10.3 Å². The quantitative estimate of drug-likeness (QED) is 0.449. The van der Waals surface area contributed by atoms with Crippen molar-refractivity contribution < 1.29 is 29.3 Å². The van der Waals surface area contributed by atoms with Crippen LogP contribution in [0.25, 0.3) is 0 Å². The average Bonchev–Trinajstić information content (AvgIpc) is 2.75. The van der Waals surface area contributed by atoms with Crippen LogP contribution in [-0.4, -0.2) is 46.6 Å². The van der Waals surface area contributed by atoms with Crippen LogP contribution in [0.2, 0.25) is 0 Å². The van der Waals surface area contributed by atoms with Crippen molar-refractivity contribution in [3.63, 3.8) is 0 Å². The highest BCUT2D eigenvalue weighted by atomic mass is 32.5. The third kappa shape index (κ3) is 5.38. The number of carbonyl (C=O) groups excluding carboxylic acids is 1. The Labute approximate surface area is 194 Å². The summed E-state index contributed by atoms with van der Waals surface area (Å²) in [7, 11) is -9.77. The van der Waals surface area contributed by atoms with E-state index in [1.165, 1.54) is 4.90 Å². The first-order valence-corrected chi connectivity index (χ1v) is 13.0. The van der Waals surface area contributed by atoms with Gasteiger partial charge in [0.15, 0.2) is 0 Å². The Kier molecular flexibility index (Phi) is 5.75. The van der Waals surface area contributed by atoms with E-state index in [-0.39, 0.29) is 29.7 Å². The Bertz CT molecular complexity index is 1070. The first-order chi connectivity index (χ1) is 15.7. The fraction of sp³-hybridized carbons (Fsp3) is 0.455. The second-order valence-electron chi connectivity index (χ2n) is 9.09. The van der Waals surface area contributed by atoms with Gasteiger partial charge in [-0.1, -0.05) is 19.4 Å². The second kappa shape index (κ2) is 7.98. The number of nitrogens with one attached hydrogen (secondary N) is 1. The highest BCUT2D eigenvalue weighted by Crippen LogP contribution is 3.02. The van der Waals surface area contributed by atoms with Crippen LogP contribution in [0.5, 0.6) is 0 Å². The van der Waals surface area contributed by atoms with Crippen molar-refractivity contribution in [3.05, 3.63) is 47.7 Å². The molecular formula is C22H27F5N4O2S. The minimum atomic E-state index is -9.77. The summed E-state index contributed by atoms with van der Waals surface area (Å²) in [4.78, 5) is 16.4. The van der Waals surface area contributed by atoms with Crippen molar-refractivity contribution in [1.29, 1.82) is 0 Å². The number of halogens is 5. The highest BCUT2D eigenvalue weighted by Gasteiger charge is 2.65. The number of anilines is 2. The summed E-state index contributed by atoms with van der Waals surface area (Å²) in [5, 5.41) is 12.8. The van der Waals surface area contributed by atoms with Gasteiger partial charge in [0, 0.05) is 31.4 Å². The van der Waals surface area contributed by atoms with E-state index in [1.807, 2.05) is 6.07 Å². The SMILES string of the molecule is Nc1nccc(C2CCN(C(=O)c3ccc(S(F)(F)(F)(F)F)cc3)CC2)c1NCC1CC(O)C1. The summed E-state index contributed by atoms with van der Waals surface area (Å²) < 4.78 is 64.6. The number of rotatable bonds is 6. The third-order valence-electron chi connectivity index (χ3n) is 6.56. The number of benzene rings is 1. The van der Waals surface area contributed by atoms with E-state index in [0.29, 0.717) is 44.2 Å². The molecule has 188 valence electrons. The molecule has 1 saturated heterocycles. The molecule has 0 bridgehead atoms. The average molecular weight is 507 g/mol. The lowest BCUT2D eigenvalue weighted by Crippen LogP contribution is -2.38. The van der Waals surface area contributed by atoms with Crippen molar-refractivity contribution >= 4 is 27.6 Å². The number of aromatic nitrogens is 1. The minimum absolute atomic E-state index is 0.0674. The largest absolute Gasteiger partial charge is 0.393 e. The molecule has 12 heteroatoms. The van der Waals surface area contributed by atoms with Gasteiger partial charge in [-0.05, 0) is 73.4 Å². The molecule has 0 atom stereocenters. The third-order valence-corrected chi connectivity index (χ3v) is 7.72. The number of nitrogen functional groups attached to an aromatic ring is 1. The molecule has 1 aliphatic carbocycles. The second-order valence-corrected chi connectivity index (χ2v) is 11.5. The molecule has 0 unspecified atom stereocenters. The van der Waals surface area contributed by atoms with E-state index < -0.39 is 21.0 Å². The predicted octanol–water partition coefficient (Wildman–Crippen LogP) is 5.52. The van der Waals surface area contributed by atoms with Crippen molar-refractivity contribution in [2.45, 2.75) is 42.6 Å². The lowest BCUT2D eigenvalue weighted by atomic mass is 9.82. The van der Waals surface area contributed by atoms with E-state index in [1.54, 1.807) is 6.20 Å². The molecule has 0 spiro atoms. The van der Waals surface area contributed by atoms with Gasteiger partial charge < -0.3 is 21.1 Å². The zero-order chi connectivity index (χ0) is 24.8. The van der Waals surface area contributed by atoms with Crippen LogP contribution in [0.4, 0.5) is 30.9 Å². The topological polar surface area (TPSA) is 91.5 Å². The van der Waals surface area contributed by atoms with Crippen LogP contribution in [0.1, 0.15) is 47.5 Å². The van der Waals surface area contributed by atoms with Gasteiger partial charge in [-0.25, -0.2) is 4.98 Å². The molecule has 1 aliphatic heterocycles. The van der Waals surface area contributed by atoms with Crippen LogP contribution in [0.3, 0.4) is 0 Å². The normalized spacial score (nSPS) is 23.5. The Morgan fingerprint density at radius 2 is 1.71 bits per heavy atom. The molecule has 1 saturated carbocycles. The summed E-state index contributed by atoms with van der Waals surface area (Å²) in [5.74, 6) is 0.343. The Morgan fingerprint density at radius 1 is 1.09 bits per heavy atom. The van der Waals surface area contributed by atoms with Gasteiger partial charge in [-0.15, -0.1) is 0 Å². The number of nitrogens with zero attached hydrogens (tertiary/aromatic N) is 2. The van der Waals surface area contributed by atoms with E-state index in [9.17, 15) is 29.3 Å². The number of pyridine rings is 1. The monoisotopic (exact) mass is 506 g/mol. The predicted molar refractivity (Wildman–Crippen MR) is 122 cm³/mol. The number of hydrogen-bond acceptors (Lipinski definition) is 5. The number of aliphatic hydroxyl groups excluding tert-OH is 1. The van der Waals surface area contributed by atoms with Gasteiger partial charge in [-0.2, -0.15) is 0 Å². The fourth-order valence-electron chi connectivity index (χ4n) is 4.57. The molecular weight excluding hydrogens is 479 g/mol. The Hall–Kier alpha value is -2.60. The van der Waals surface area contributed by atoms with Crippen molar-refractivity contribution in [2.75, 3.05) is 30.7 Å². The van der Waals surface area contributed by atoms with Crippen LogP contribution in [-0.2, 0) is 0 Å². The zero-order valence-corrected chi connectivity index (χ0v) is 19.1. The Balaban J connectivity index is 1.40. The first kappa shape index (κ1) is 24.5.